The number of rotatable bonds is 3. The summed E-state index contributed by atoms with van der Waals surface area (Å²) in [6.45, 7) is 8.89. The van der Waals surface area contributed by atoms with Gasteiger partial charge in [0.2, 0.25) is 0 Å². The summed E-state index contributed by atoms with van der Waals surface area (Å²) in [5, 5.41) is 10.9. The lowest BCUT2D eigenvalue weighted by molar-refractivity contribution is -0.385. The number of benzene rings is 1. The van der Waals surface area contributed by atoms with E-state index in [1.165, 1.54) is 6.07 Å². The molecule has 0 aliphatic carbocycles. The molecular weight excluding hydrogens is 264 g/mol. The summed E-state index contributed by atoms with van der Waals surface area (Å²) < 4.78 is 15.7. The molecule has 1 atom stereocenters. The molecule has 0 bridgehead atoms. The Kier molecular flexibility index (Phi) is 4.57. The fourth-order valence-corrected chi connectivity index (χ4v) is 2.14. The average Bonchev–Trinajstić information content (AvgIpc) is 2.27. The van der Waals surface area contributed by atoms with Crippen LogP contribution in [0.15, 0.2) is 22.6 Å². The summed E-state index contributed by atoms with van der Waals surface area (Å²) in [6.07, 6.45) is 0. The van der Waals surface area contributed by atoms with E-state index in [4.69, 9.17) is 0 Å². The molecule has 0 aliphatic rings. The molecule has 0 saturated carbocycles. The second-order valence-electron chi connectivity index (χ2n) is 5.25. The van der Waals surface area contributed by atoms with E-state index in [1.807, 2.05) is 20.8 Å². The van der Waals surface area contributed by atoms with Crippen LogP contribution in [0.5, 0.6) is 0 Å². The standard InChI is InChI=1S/C13H18N2O3S/c1-9-11(7-6-8-12(9)15(16)17)10(2)14-19(18)13(3,4)5/h6-8H,1-5H3/t19-/m0/s1. The molecule has 19 heavy (non-hydrogen) atoms. The zero-order chi connectivity index (χ0) is 14.8. The molecule has 0 fully saturated rings. The normalized spacial score (nSPS) is 14.3. The molecule has 0 radical (unpaired) electrons. The lowest BCUT2D eigenvalue weighted by Crippen LogP contribution is -2.20. The first kappa shape index (κ1) is 15.5. The molecule has 104 valence electrons. The minimum absolute atomic E-state index is 0.0496. The van der Waals surface area contributed by atoms with Crippen LogP contribution in [0.2, 0.25) is 0 Å². The van der Waals surface area contributed by atoms with Gasteiger partial charge in [0, 0.05) is 17.2 Å². The lowest BCUT2D eigenvalue weighted by atomic mass is 10.0. The molecule has 1 rings (SSSR count). The largest absolute Gasteiger partial charge is 0.272 e. The van der Waals surface area contributed by atoms with Crippen LogP contribution in [-0.4, -0.2) is 19.6 Å². The maximum atomic E-state index is 12.0. The van der Waals surface area contributed by atoms with E-state index >= 15 is 0 Å². The molecule has 0 N–H and O–H groups in total. The van der Waals surface area contributed by atoms with Gasteiger partial charge in [0.05, 0.1) is 15.4 Å². The van der Waals surface area contributed by atoms with Gasteiger partial charge < -0.3 is 0 Å². The molecule has 6 heteroatoms. The highest BCUT2D eigenvalue weighted by Crippen LogP contribution is 2.22. The second-order valence-corrected chi connectivity index (χ2v) is 7.15. The third kappa shape index (κ3) is 3.70. The van der Waals surface area contributed by atoms with Crippen LogP contribution in [0.25, 0.3) is 0 Å². The van der Waals surface area contributed by atoms with Gasteiger partial charge in [0.25, 0.3) is 5.69 Å². The predicted molar refractivity (Wildman–Crippen MR) is 77.9 cm³/mol. The zero-order valence-electron chi connectivity index (χ0n) is 11.8. The number of nitro benzene ring substituents is 1. The fraction of sp³-hybridized carbons (Fsp3) is 0.462. The van der Waals surface area contributed by atoms with Gasteiger partial charge >= 0.3 is 0 Å². The number of hydrogen-bond acceptors (Lipinski definition) is 3. The first-order valence-corrected chi connectivity index (χ1v) is 6.97. The van der Waals surface area contributed by atoms with Gasteiger partial charge in [-0.2, -0.15) is 4.40 Å². The minimum atomic E-state index is -1.38. The van der Waals surface area contributed by atoms with E-state index in [9.17, 15) is 14.3 Å². The molecule has 1 aromatic carbocycles. The maximum absolute atomic E-state index is 12.0. The van der Waals surface area contributed by atoms with Gasteiger partial charge in [0.15, 0.2) is 0 Å². The summed E-state index contributed by atoms with van der Waals surface area (Å²) in [5.41, 5.74) is 1.80. The monoisotopic (exact) mass is 282 g/mol. The lowest BCUT2D eigenvalue weighted by Gasteiger charge is -2.14. The highest BCUT2D eigenvalue weighted by Gasteiger charge is 2.20. The quantitative estimate of drug-likeness (QED) is 0.485. The van der Waals surface area contributed by atoms with Crippen LogP contribution in [0, 0.1) is 17.0 Å². The summed E-state index contributed by atoms with van der Waals surface area (Å²) in [4.78, 5) is 10.5. The molecule has 0 spiro atoms. The van der Waals surface area contributed by atoms with Gasteiger partial charge in [-0.25, -0.2) is 4.21 Å². The van der Waals surface area contributed by atoms with E-state index < -0.39 is 20.7 Å². The number of hydrogen-bond donors (Lipinski definition) is 0. The first-order valence-electron chi connectivity index (χ1n) is 5.86. The third-order valence-corrected chi connectivity index (χ3v) is 4.12. The Morgan fingerprint density at radius 2 is 1.95 bits per heavy atom. The minimum Gasteiger partial charge on any atom is -0.258 e. The van der Waals surface area contributed by atoms with Crippen molar-refractivity contribution < 1.29 is 9.13 Å². The van der Waals surface area contributed by atoms with Crippen LogP contribution in [-0.2, 0) is 11.0 Å². The second kappa shape index (κ2) is 5.61. The van der Waals surface area contributed by atoms with E-state index in [-0.39, 0.29) is 5.69 Å². The van der Waals surface area contributed by atoms with E-state index in [1.54, 1.807) is 26.0 Å². The Balaban J connectivity index is 3.25. The smallest absolute Gasteiger partial charge is 0.258 e. The van der Waals surface area contributed by atoms with Crippen LogP contribution in [0.1, 0.15) is 38.8 Å². The highest BCUT2D eigenvalue weighted by atomic mass is 32.2. The zero-order valence-corrected chi connectivity index (χ0v) is 12.6. The van der Waals surface area contributed by atoms with Gasteiger partial charge in [-0.3, -0.25) is 10.1 Å². The summed E-state index contributed by atoms with van der Waals surface area (Å²) in [5.74, 6) is 0. The Labute approximate surface area is 115 Å². The average molecular weight is 282 g/mol. The van der Waals surface area contributed by atoms with Crippen molar-refractivity contribution in [2.24, 2.45) is 4.40 Å². The van der Waals surface area contributed by atoms with Crippen molar-refractivity contribution in [3.05, 3.63) is 39.4 Å². The maximum Gasteiger partial charge on any atom is 0.272 e. The van der Waals surface area contributed by atoms with Crippen LogP contribution in [0.3, 0.4) is 0 Å². The molecule has 1 aromatic rings. The third-order valence-electron chi connectivity index (χ3n) is 2.64. The predicted octanol–water partition coefficient (Wildman–Crippen LogP) is 3.17. The topological polar surface area (TPSA) is 72.6 Å². The summed E-state index contributed by atoms with van der Waals surface area (Å²) >= 11 is 0. The summed E-state index contributed by atoms with van der Waals surface area (Å²) in [6, 6.07) is 4.81. The Morgan fingerprint density at radius 3 is 2.42 bits per heavy atom. The van der Waals surface area contributed by atoms with Crippen molar-refractivity contribution in [3.8, 4) is 0 Å². The van der Waals surface area contributed by atoms with Gasteiger partial charge in [-0.05, 0) is 34.6 Å². The molecule has 0 aromatic heterocycles. The van der Waals surface area contributed by atoms with Crippen molar-refractivity contribution >= 4 is 22.4 Å². The van der Waals surface area contributed by atoms with E-state index in [0.29, 0.717) is 16.8 Å². The SMILES string of the molecule is CC(=N[S@@](=O)C(C)(C)C)c1cccc([N+](=O)[O-])c1C. The molecular formula is C13H18N2O3S. The van der Waals surface area contributed by atoms with Crippen LogP contribution in [0.4, 0.5) is 5.69 Å². The molecule has 0 amide bonds. The number of nitrogens with zero attached hydrogens (tertiary/aromatic N) is 2. The van der Waals surface area contributed by atoms with Crippen LogP contribution < -0.4 is 0 Å². The Morgan fingerprint density at radius 1 is 1.37 bits per heavy atom. The van der Waals surface area contributed by atoms with Gasteiger partial charge in [-0.1, -0.05) is 12.1 Å². The molecule has 0 heterocycles. The van der Waals surface area contributed by atoms with Crippen LogP contribution >= 0.6 is 0 Å². The molecule has 5 nitrogen and oxygen atoms in total. The van der Waals surface area contributed by atoms with Crippen molar-refractivity contribution in [3.63, 3.8) is 0 Å². The molecule has 0 unspecified atom stereocenters. The van der Waals surface area contributed by atoms with Crippen molar-refractivity contribution in [2.75, 3.05) is 0 Å². The van der Waals surface area contributed by atoms with Gasteiger partial charge in [0.1, 0.15) is 11.0 Å². The van der Waals surface area contributed by atoms with E-state index in [0.717, 1.165) is 0 Å². The first-order chi connectivity index (χ1) is 8.64. The Hall–Kier alpha value is -1.56. The van der Waals surface area contributed by atoms with E-state index in [2.05, 4.69) is 4.40 Å². The van der Waals surface area contributed by atoms with Gasteiger partial charge in [-0.15, -0.1) is 0 Å². The fourth-order valence-electron chi connectivity index (χ4n) is 1.52. The molecule has 0 aliphatic heterocycles. The molecule has 0 saturated heterocycles. The van der Waals surface area contributed by atoms with Crippen molar-refractivity contribution in [2.45, 2.75) is 39.4 Å². The van der Waals surface area contributed by atoms with Crippen molar-refractivity contribution in [1.29, 1.82) is 0 Å². The number of nitro groups is 1. The van der Waals surface area contributed by atoms with Crippen molar-refractivity contribution in [1.82, 2.24) is 0 Å². The highest BCUT2D eigenvalue weighted by molar-refractivity contribution is 7.85. The Bertz CT molecular complexity index is 559. The summed E-state index contributed by atoms with van der Waals surface area (Å²) in [7, 11) is -1.38.